The Hall–Kier alpha value is -1.96. The van der Waals surface area contributed by atoms with E-state index in [1.165, 1.54) is 0 Å². The number of carbonyl (C=O) groups is 1. The van der Waals surface area contributed by atoms with Gasteiger partial charge in [-0.15, -0.1) is 11.3 Å². The van der Waals surface area contributed by atoms with Crippen molar-refractivity contribution in [2.45, 2.75) is 25.9 Å². The van der Waals surface area contributed by atoms with E-state index in [4.69, 9.17) is 5.11 Å². The van der Waals surface area contributed by atoms with Gasteiger partial charge in [-0.3, -0.25) is 0 Å². The lowest BCUT2D eigenvalue weighted by atomic mass is 10.0. The molecule has 0 unspecified atom stereocenters. The maximum Gasteiger partial charge on any atom is 0.416 e. The summed E-state index contributed by atoms with van der Waals surface area (Å²) >= 11 is 0.947. The fourth-order valence-corrected chi connectivity index (χ4v) is 2.76. The van der Waals surface area contributed by atoms with E-state index in [0.717, 1.165) is 17.4 Å². The molecular formula is C14H11F4NO2S. The van der Waals surface area contributed by atoms with Crippen molar-refractivity contribution in [3.05, 3.63) is 50.7 Å². The summed E-state index contributed by atoms with van der Waals surface area (Å²) in [6.07, 6.45) is -4.39. The van der Waals surface area contributed by atoms with Crippen molar-refractivity contribution in [3.63, 3.8) is 0 Å². The molecule has 1 aromatic carbocycles. The molecule has 8 heteroatoms. The van der Waals surface area contributed by atoms with Gasteiger partial charge >= 0.3 is 12.1 Å². The van der Waals surface area contributed by atoms with Gasteiger partial charge in [0, 0.05) is 6.42 Å². The topological polar surface area (TPSA) is 50.2 Å². The highest BCUT2D eigenvalue weighted by atomic mass is 32.1. The number of carboxylic acid groups (broad SMARTS) is 1. The highest BCUT2D eigenvalue weighted by molar-refractivity contribution is 7.13. The molecule has 118 valence electrons. The second-order valence-corrected chi connectivity index (χ2v) is 5.61. The van der Waals surface area contributed by atoms with Crippen molar-refractivity contribution in [2.24, 2.45) is 0 Å². The Morgan fingerprint density at radius 3 is 2.59 bits per heavy atom. The van der Waals surface area contributed by atoms with Crippen LogP contribution in [0, 0.1) is 5.82 Å². The minimum atomic E-state index is -4.59. The van der Waals surface area contributed by atoms with Gasteiger partial charge in [0.2, 0.25) is 0 Å². The molecule has 0 saturated heterocycles. The van der Waals surface area contributed by atoms with Crippen LogP contribution < -0.4 is 0 Å². The van der Waals surface area contributed by atoms with Gasteiger partial charge < -0.3 is 5.11 Å². The van der Waals surface area contributed by atoms with Crippen LogP contribution in [0.15, 0.2) is 18.2 Å². The molecule has 0 aliphatic rings. The van der Waals surface area contributed by atoms with Crippen molar-refractivity contribution in [2.75, 3.05) is 0 Å². The number of carboxylic acids is 1. The molecule has 3 nitrogen and oxygen atoms in total. The fraction of sp³-hybridized carbons (Fsp3) is 0.286. The van der Waals surface area contributed by atoms with Crippen LogP contribution >= 0.6 is 11.3 Å². The zero-order valence-electron chi connectivity index (χ0n) is 11.4. The number of aromatic nitrogens is 1. The molecule has 0 fully saturated rings. The van der Waals surface area contributed by atoms with Gasteiger partial charge in [0.05, 0.1) is 16.3 Å². The average Bonchev–Trinajstić information content (AvgIpc) is 2.83. The van der Waals surface area contributed by atoms with E-state index in [2.05, 4.69) is 4.98 Å². The largest absolute Gasteiger partial charge is 0.477 e. The summed E-state index contributed by atoms with van der Waals surface area (Å²) in [5.74, 6) is -2.05. The Morgan fingerprint density at radius 2 is 2.05 bits per heavy atom. The lowest BCUT2D eigenvalue weighted by Gasteiger charge is -2.09. The summed E-state index contributed by atoms with van der Waals surface area (Å²) in [5.41, 5.74) is -1.13. The summed E-state index contributed by atoms with van der Waals surface area (Å²) in [6.45, 7) is 1.78. The van der Waals surface area contributed by atoms with Crippen LogP contribution in [-0.2, 0) is 19.0 Å². The van der Waals surface area contributed by atoms with E-state index < -0.39 is 23.5 Å². The van der Waals surface area contributed by atoms with Gasteiger partial charge in [-0.25, -0.2) is 14.2 Å². The third kappa shape index (κ3) is 3.44. The maximum absolute atomic E-state index is 13.7. The highest BCUT2D eigenvalue weighted by Crippen LogP contribution is 2.31. The molecule has 0 atom stereocenters. The first-order valence-corrected chi connectivity index (χ1v) is 7.11. The average molecular weight is 333 g/mol. The number of hydrogen-bond acceptors (Lipinski definition) is 3. The van der Waals surface area contributed by atoms with Gasteiger partial charge in [-0.05, 0) is 30.2 Å². The molecule has 1 aromatic heterocycles. The predicted octanol–water partition coefficient (Wildman–Crippen LogP) is 4.15. The standard InChI is InChI=1S/C14H11F4NO2S/c1-2-11-19-10(12(22-11)13(20)21)6-7-5-8(14(16,17)18)3-4-9(7)15/h3-5H,2,6H2,1H3,(H,20,21). The minimum Gasteiger partial charge on any atom is -0.477 e. The van der Waals surface area contributed by atoms with Crippen LogP contribution in [0.5, 0.6) is 0 Å². The number of rotatable bonds is 4. The Kier molecular flexibility index (Phi) is 4.50. The first-order chi connectivity index (χ1) is 10.2. The summed E-state index contributed by atoms with van der Waals surface area (Å²) in [7, 11) is 0. The Balaban J connectivity index is 2.42. The lowest BCUT2D eigenvalue weighted by molar-refractivity contribution is -0.137. The van der Waals surface area contributed by atoms with Crippen LogP contribution in [0.1, 0.15) is 38.4 Å². The van der Waals surface area contributed by atoms with Crippen molar-refractivity contribution < 1.29 is 27.5 Å². The molecule has 0 spiro atoms. The number of benzene rings is 1. The minimum absolute atomic E-state index is 0.0753. The Morgan fingerprint density at radius 1 is 1.36 bits per heavy atom. The Labute approximate surface area is 127 Å². The molecule has 2 aromatic rings. The molecule has 0 saturated carbocycles. The normalized spacial score (nSPS) is 11.7. The smallest absolute Gasteiger partial charge is 0.416 e. The molecule has 0 radical (unpaired) electrons. The number of halogens is 4. The molecule has 0 bridgehead atoms. The van der Waals surface area contributed by atoms with Crippen LogP contribution in [0.3, 0.4) is 0 Å². The molecule has 1 heterocycles. The van der Waals surface area contributed by atoms with Crippen LogP contribution in [0.4, 0.5) is 17.6 Å². The van der Waals surface area contributed by atoms with Gasteiger partial charge in [0.15, 0.2) is 0 Å². The third-order valence-electron chi connectivity index (χ3n) is 2.97. The number of nitrogens with zero attached hydrogens (tertiary/aromatic N) is 1. The molecule has 0 aliphatic carbocycles. The van der Waals surface area contributed by atoms with E-state index >= 15 is 0 Å². The number of aryl methyl sites for hydroxylation is 1. The summed E-state index contributed by atoms with van der Waals surface area (Å²) in [6, 6.07) is 2.06. The van der Waals surface area contributed by atoms with Crippen LogP contribution in [0.2, 0.25) is 0 Å². The van der Waals surface area contributed by atoms with E-state index in [-0.39, 0.29) is 22.6 Å². The molecule has 0 aliphatic heterocycles. The van der Waals surface area contributed by atoms with Gasteiger partial charge in [-0.1, -0.05) is 6.92 Å². The van der Waals surface area contributed by atoms with Gasteiger partial charge in [0.1, 0.15) is 10.7 Å². The van der Waals surface area contributed by atoms with Crippen molar-refractivity contribution in [1.29, 1.82) is 0 Å². The number of thiazole rings is 1. The quantitative estimate of drug-likeness (QED) is 0.855. The van der Waals surface area contributed by atoms with E-state index in [0.29, 0.717) is 23.6 Å². The monoisotopic (exact) mass is 333 g/mol. The van der Waals surface area contributed by atoms with Crippen molar-refractivity contribution in [1.82, 2.24) is 4.98 Å². The van der Waals surface area contributed by atoms with Crippen molar-refractivity contribution in [3.8, 4) is 0 Å². The first kappa shape index (κ1) is 16.4. The van der Waals surface area contributed by atoms with Crippen molar-refractivity contribution >= 4 is 17.3 Å². The first-order valence-electron chi connectivity index (χ1n) is 6.29. The molecular weight excluding hydrogens is 322 g/mol. The molecule has 22 heavy (non-hydrogen) atoms. The fourth-order valence-electron chi connectivity index (χ4n) is 1.91. The number of aromatic carboxylic acids is 1. The molecule has 0 amide bonds. The Bertz CT molecular complexity index is 709. The second-order valence-electron chi connectivity index (χ2n) is 4.52. The molecule has 2 rings (SSSR count). The number of hydrogen-bond donors (Lipinski definition) is 1. The zero-order chi connectivity index (χ0) is 16.5. The molecule has 1 N–H and O–H groups in total. The van der Waals surface area contributed by atoms with Gasteiger partial charge in [-0.2, -0.15) is 13.2 Å². The van der Waals surface area contributed by atoms with E-state index in [1.54, 1.807) is 6.92 Å². The van der Waals surface area contributed by atoms with E-state index in [9.17, 15) is 22.4 Å². The predicted molar refractivity (Wildman–Crippen MR) is 72.7 cm³/mol. The van der Waals surface area contributed by atoms with Crippen LogP contribution in [-0.4, -0.2) is 16.1 Å². The third-order valence-corrected chi connectivity index (χ3v) is 4.20. The summed E-state index contributed by atoms with van der Waals surface area (Å²) in [5, 5.41) is 9.64. The van der Waals surface area contributed by atoms with E-state index in [1.807, 2.05) is 0 Å². The highest BCUT2D eigenvalue weighted by Gasteiger charge is 2.31. The lowest BCUT2D eigenvalue weighted by Crippen LogP contribution is -2.07. The maximum atomic E-state index is 13.7. The zero-order valence-corrected chi connectivity index (χ0v) is 12.2. The summed E-state index contributed by atoms with van der Waals surface area (Å²) < 4.78 is 51.7. The van der Waals surface area contributed by atoms with Crippen LogP contribution in [0.25, 0.3) is 0 Å². The SMILES string of the molecule is CCc1nc(Cc2cc(C(F)(F)F)ccc2F)c(C(=O)O)s1. The van der Waals surface area contributed by atoms with Gasteiger partial charge in [0.25, 0.3) is 0 Å². The summed E-state index contributed by atoms with van der Waals surface area (Å²) in [4.78, 5) is 15.1. The second kappa shape index (κ2) is 6.04. The number of alkyl halides is 3.